The highest BCUT2D eigenvalue weighted by molar-refractivity contribution is 6.35. The smallest absolute Gasteiger partial charge is 0.335 e. The summed E-state index contributed by atoms with van der Waals surface area (Å²) in [4.78, 5) is 41.6. The number of hydrogen-bond acceptors (Lipinski definition) is 5. The van der Waals surface area contributed by atoms with Gasteiger partial charge in [-0.15, -0.1) is 0 Å². The van der Waals surface area contributed by atoms with Gasteiger partial charge in [0, 0.05) is 5.71 Å². The number of amides is 4. The first-order valence-corrected chi connectivity index (χ1v) is 6.98. The number of para-hydroxylation sites is 1. The molecule has 116 valence electrons. The summed E-state index contributed by atoms with van der Waals surface area (Å²) in [6, 6.07) is 7.61. The number of hydrogen-bond donors (Lipinski definition) is 2. The molecule has 0 aromatic heterocycles. The molecule has 1 aliphatic heterocycles. The molecular weight excluding hydrogens is 286 g/mol. The van der Waals surface area contributed by atoms with Crippen molar-refractivity contribution in [2.24, 2.45) is 10.9 Å². The third-order valence-electron chi connectivity index (χ3n) is 3.29. The van der Waals surface area contributed by atoms with Crippen molar-refractivity contribution in [3.8, 4) is 0 Å². The number of carbonyl (C=O) groups is 3. The van der Waals surface area contributed by atoms with Crippen molar-refractivity contribution in [1.29, 1.82) is 0 Å². The topological polar surface area (TPSA) is 99.1 Å². The summed E-state index contributed by atoms with van der Waals surface area (Å²) in [6.07, 6.45) is 0.376. The van der Waals surface area contributed by atoms with E-state index in [1.165, 1.54) is 0 Å². The van der Waals surface area contributed by atoms with Gasteiger partial charge < -0.3 is 5.11 Å². The minimum atomic E-state index is -1.14. The molecule has 1 aromatic rings. The number of benzene rings is 1. The van der Waals surface area contributed by atoms with E-state index in [9.17, 15) is 14.4 Å². The molecule has 0 spiro atoms. The van der Waals surface area contributed by atoms with Crippen molar-refractivity contribution in [2.45, 2.75) is 13.3 Å². The zero-order valence-electron chi connectivity index (χ0n) is 12.2. The Morgan fingerprint density at radius 3 is 2.55 bits per heavy atom. The molecule has 1 aromatic carbocycles. The fourth-order valence-electron chi connectivity index (χ4n) is 2.29. The van der Waals surface area contributed by atoms with E-state index >= 15 is 0 Å². The van der Waals surface area contributed by atoms with Crippen molar-refractivity contribution < 1.29 is 19.5 Å². The molecule has 0 aliphatic carbocycles. The largest absolute Gasteiger partial charge is 0.394 e. The van der Waals surface area contributed by atoms with Crippen LogP contribution in [-0.4, -0.2) is 41.8 Å². The maximum absolute atomic E-state index is 12.6. The van der Waals surface area contributed by atoms with Gasteiger partial charge in [-0.3, -0.25) is 19.9 Å². The van der Waals surface area contributed by atoms with Gasteiger partial charge in [0.2, 0.25) is 5.91 Å². The standard InChI is InChI=1S/C15H17N3O4/c1-2-11(16-8-9-19)12-13(20)17-15(22)18(14(12)21)10-6-4-3-5-7-10/h3-7,12,19H,2,8-9H2,1H3,(H,17,20,22). The maximum Gasteiger partial charge on any atom is 0.335 e. The lowest BCUT2D eigenvalue weighted by Crippen LogP contribution is -2.60. The first kappa shape index (κ1) is 15.8. The molecule has 22 heavy (non-hydrogen) atoms. The van der Waals surface area contributed by atoms with Gasteiger partial charge in [-0.05, 0) is 18.6 Å². The zero-order valence-corrected chi connectivity index (χ0v) is 12.2. The third kappa shape index (κ3) is 3.04. The number of nitrogens with zero attached hydrogens (tertiary/aromatic N) is 2. The summed E-state index contributed by atoms with van der Waals surface area (Å²) in [7, 11) is 0. The summed E-state index contributed by atoms with van der Waals surface area (Å²) in [5, 5.41) is 11.0. The van der Waals surface area contributed by atoms with E-state index in [4.69, 9.17) is 5.11 Å². The molecule has 0 bridgehead atoms. The summed E-state index contributed by atoms with van der Waals surface area (Å²) in [5.41, 5.74) is 0.741. The number of aliphatic hydroxyl groups is 1. The van der Waals surface area contributed by atoms with E-state index in [1.54, 1.807) is 37.3 Å². The number of nitrogens with one attached hydrogen (secondary N) is 1. The first-order chi connectivity index (χ1) is 10.6. The van der Waals surface area contributed by atoms with Crippen LogP contribution in [-0.2, 0) is 9.59 Å². The van der Waals surface area contributed by atoms with Gasteiger partial charge in [0.15, 0.2) is 5.92 Å². The highest BCUT2D eigenvalue weighted by atomic mass is 16.3. The van der Waals surface area contributed by atoms with Crippen molar-refractivity contribution in [3.05, 3.63) is 30.3 Å². The van der Waals surface area contributed by atoms with Crippen molar-refractivity contribution in [1.82, 2.24) is 5.32 Å². The number of urea groups is 1. The number of rotatable bonds is 5. The second-order valence-electron chi connectivity index (χ2n) is 4.69. The van der Waals surface area contributed by atoms with Crippen molar-refractivity contribution in [2.75, 3.05) is 18.1 Å². The van der Waals surface area contributed by atoms with Crippen LogP contribution in [0.1, 0.15) is 13.3 Å². The predicted molar refractivity (Wildman–Crippen MR) is 80.6 cm³/mol. The Morgan fingerprint density at radius 2 is 1.95 bits per heavy atom. The average molecular weight is 303 g/mol. The van der Waals surface area contributed by atoms with Crippen LogP contribution in [0, 0.1) is 5.92 Å². The Balaban J connectivity index is 2.37. The molecule has 7 heteroatoms. The van der Waals surface area contributed by atoms with Crippen LogP contribution in [0.3, 0.4) is 0 Å². The van der Waals surface area contributed by atoms with Crippen LogP contribution in [0.4, 0.5) is 10.5 Å². The van der Waals surface area contributed by atoms with E-state index in [0.717, 1.165) is 4.90 Å². The zero-order chi connectivity index (χ0) is 16.1. The molecule has 0 radical (unpaired) electrons. The molecule has 2 rings (SSSR count). The molecule has 1 atom stereocenters. The quantitative estimate of drug-likeness (QED) is 0.618. The fourth-order valence-corrected chi connectivity index (χ4v) is 2.29. The molecule has 1 saturated heterocycles. The maximum atomic E-state index is 12.6. The monoisotopic (exact) mass is 303 g/mol. The van der Waals surface area contributed by atoms with Crippen LogP contribution in [0.5, 0.6) is 0 Å². The number of aliphatic imine (C=N–C) groups is 1. The van der Waals surface area contributed by atoms with Gasteiger partial charge in [-0.25, -0.2) is 9.69 Å². The molecule has 1 aliphatic rings. The van der Waals surface area contributed by atoms with Gasteiger partial charge in [0.05, 0.1) is 18.8 Å². The average Bonchev–Trinajstić information content (AvgIpc) is 2.51. The number of imide groups is 2. The lowest BCUT2D eigenvalue weighted by atomic mass is 9.96. The second kappa shape index (κ2) is 6.95. The number of carbonyl (C=O) groups excluding carboxylic acids is 3. The molecule has 0 saturated carbocycles. The fraction of sp³-hybridized carbons (Fsp3) is 0.333. The second-order valence-corrected chi connectivity index (χ2v) is 4.69. The van der Waals surface area contributed by atoms with E-state index in [-0.39, 0.29) is 13.2 Å². The Hall–Kier alpha value is -2.54. The summed E-state index contributed by atoms with van der Waals surface area (Å²) in [5.74, 6) is -2.45. The minimum absolute atomic E-state index is 0.111. The van der Waals surface area contributed by atoms with E-state index in [1.807, 2.05) is 0 Å². The lowest BCUT2D eigenvalue weighted by molar-refractivity contribution is -0.131. The highest BCUT2D eigenvalue weighted by Crippen LogP contribution is 2.21. The highest BCUT2D eigenvalue weighted by Gasteiger charge is 2.43. The number of barbiturate groups is 1. The number of anilines is 1. The Labute approximate surface area is 127 Å². The van der Waals surface area contributed by atoms with E-state index in [0.29, 0.717) is 17.8 Å². The van der Waals surface area contributed by atoms with Gasteiger partial charge in [-0.1, -0.05) is 25.1 Å². The number of aliphatic hydroxyl groups excluding tert-OH is 1. The molecule has 1 fully saturated rings. The molecular formula is C15H17N3O4. The van der Waals surface area contributed by atoms with Crippen LogP contribution in [0.15, 0.2) is 35.3 Å². The van der Waals surface area contributed by atoms with E-state index in [2.05, 4.69) is 10.3 Å². The predicted octanol–water partition coefficient (Wildman–Crippen LogP) is 0.729. The molecule has 7 nitrogen and oxygen atoms in total. The van der Waals surface area contributed by atoms with Crippen molar-refractivity contribution in [3.63, 3.8) is 0 Å². The molecule has 2 N–H and O–H groups in total. The Kier molecular flexibility index (Phi) is 5.00. The first-order valence-electron chi connectivity index (χ1n) is 6.98. The lowest BCUT2D eigenvalue weighted by Gasteiger charge is -2.30. The van der Waals surface area contributed by atoms with Gasteiger partial charge >= 0.3 is 6.03 Å². The third-order valence-corrected chi connectivity index (χ3v) is 3.29. The molecule has 4 amide bonds. The van der Waals surface area contributed by atoms with Crippen LogP contribution in [0.25, 0.3) is 0 Å². The Bertz CT molecular complexity index is 612. The van der Waals surface area contributed by atoms with Crippen LogP contribution in [0.2, 0.25) is 0 Å². The summed E-state index contributed by atoms with van der Waals surface area (Å²) < 4.78 is 0. The van der Waals surface area contributed by atoms with E-state index < -0.39 is 23.8 Å². The van der Waals surface area contributed by atoms with Gasteiger partial charge in [0.25, 0.3) is 5.91 Å². The normalized spacial score (nSPS) is 19.4. The van der Waals surface area contributed by atoms with Gasteiger partial charge in [0.1, 0.15) is 0 Å². The molecule has 1 heterocycles. The van der Waals surface area contributed by atoms with Crippen LogP contribution < -0.4 is 10.2 Å². The Morgan fingerprint density at radius 1 is 1.27 bits per heavy atom. The summed E-state index contributed by atoms with van der Waals surface area (Å²) in [6.45, 7) is 1.70. The van der Waals surface area contributed by atoms with Gasteiger partial charge in [-0.2, -0.15) is 0 Å². The molecule has 1 unspecified atom stereocenters. The van der Waals surface area contributed by atoms with Crippen molar-refractivity contribution >= 4 is 29.2 Å². The summed E-state index contributed by atoms with van der Waals surface area (Å²) >= 11 is 0. The minimum Gasteiger partial charge on any atom is -0.394 e. The SMILES string of the molecule is CCC(=NCCO)C1C(=O)NC(=O)N(c2ccccc2)C1=O. The van der Waals surface area contributed by atoms with Crippen LogP contribution >= 0.6 is 0 Å².